The van der Waals surface area contributed by atoms with E-state index in [0.717, 1.165) is 36.0 Å². The van der Waals surface area contributed by atoms with Gasteiger partial charge in [0, 0.05) is 33.3 Å². The van der Waals surface area contributed by atoms with Crippen LogP contribution in [0, 0.1) is 6.92 Å². The maximum Gasteiger partial charge on any atom is 0.336 e. The maximum absolute atomic E-state index is 11.7. The summed E-state index contributed by atoms with van der Waals surface area (Å²) >= 11 is 7.97. The first-order chi connectivity index (χ1) is 10.6. The van der Waals surface area contributed by atoms with E-state index in [1.807, 2.05) is 19.1 Å². The predicted molar refractivity (Wildman–Crippen MR) is 90.8 cm³/mol. The number of halogens is 1. The first-order valence-electron chi connectivity index (χ1n) is 7.20. The van der Waals surface area contributed by atoms with Gasteiger partial charge in [-0.1, -0.05) is 17.7 Å². The number of hydrogen-bond donors (Lipinski definition) is 1. The second kappa shape index (κ2) is 6.65. The van der Waals surface area contributed by atoms with Crippen molar-refractivity contribution in [2.24, 2.45) is 0 Å². The molecule has 0 fully saturated rings. The molecule has 0 bridgehead atoms. The van der Waals surface area contributed by atoms with Crippen molar-refractivity contribution < 1.29 is 9.73 Å². The van der Waals surface area contributed by atoms with E-state index in [9.17, 15) is 4.79 Å². The van der Waals surface area contributed by atoms with Crippen molar-refractivity contribution in [2.75, 3.05) is 6.54 Å². The number of thiophene rings is 1. The summed E-state index contributed by atoms with van der Waals surface area (Å²) in [4.78, 5) is 13.1. The van der Waals surface area contributed by atoms with Crippen molar-refractivity contribution in [1.29, 1.82) is 0 Å². The summed E-state index contributed by atoms with van der Waals surface area (Å²) in [6.07, 6.45) is 1.04. The summed E-state index contributed by atoms with van der Waals surface area (Å²) in [5.74, 6) is 0. The van der Waals surface area contributed by atoms with E-state index in [1.165, 1.54) is 4.88 Å². The number of rotatable bonds is 5. The summed E-state index contributed by atoms with van der Waals surface area (Å²) < 4.78 is 5.28. The molecule has 5 heteroatoms. The Labute approximate surface area is 137 Å². The van der Waals surface area contributed by atoms with Crippen LogP contribution in [-0.2, 0) is 13.0 Å². The molecular formula is C17H17ClNO2S+. The van der Waals surface area contributed by atoms with Gasteiger partial charge in [0.25, 0.3) is 0 Å². The van der Waals surface area contributed by atoms with Crippen molar-refractivity contribution in [3.63, 3.8) is 0 Å². The fraction of sp³-hybridized carbons (Fsp3) is 0.235. The lowest BCUT2D eigenvalue weighted by Crippen LogP contribution is -2.83. The Morgan fingerprint density at radius 1 is 1.32 bits per heavy atom. The van der Waals surface area contributed by atoms with Gasteiger partial charge < -0.3 is 9.73 Å². The molecule has 3 nitrogen and oxygen atoms in total. The monoisotopic (exact) mass is 334 g/mol. The zero-order valence-electron chi connectivity index (χ0n) is 12.3. The lowest BCUT2D eigenvalue weighted by atomic mass is 10.1. The summed E-state index contributed by atoms with van der Waals surface area (Å²) in [6, 6.07) is 9.50. The molecule has 2 aromatic heterocycles. The van der Waals surface area contributed by atoms with Crippen LogP contribution in [0.15, 0.2) is 44.9 Å². The van der Waals surface area contributed by atoms with E-state index in [4.69, 9.17) is 16.0 Å². The van der Waals surface area contributed by atoms with Crippen LogP contribution in [0.2, 0.25) is 5.02 Å². The fourth-order valence-electron chi connectivity index (χ4n) is 2.47. The highest BCUT2D eigenvalue weighted by molar-refractivity contribution is 7.09. The van der Waals surface area contributed by atoms with Gasteiger partial charge in [0.1, 0.15) is 12.1 Å². The maximum atomic E-state index is 11.7. The largest absolute Gasteiger partial charge is 0.423 e. The lowest BCUT2D eigenvalue weighted by molar-refractivity contribution is -0.669. The van der Waals surface area contributed by atoms with E-state index < -0.39 is 0 Å². The molecule has 2 N–H and O–H groups in total. The topological polar surface area (TPSA) is 46.8 Å². The van der Waals surface area contributed by atoms with Crippen LogP contribution >= 0.6 is 22.9 Å². The Kier molecular flexibility index (Phi) is 4.62. The van der Waals surface area contributed by atoms with E-state index in [1.54, 1.807) is 17.4 Å². The Bertz CT molecular complexity index is 840. The average Bonchev–Trinajstić information content (AvgIpc) is 2.98. The zero-order chi connectivity index (χ0) is 15.5. The van der Waals surface area contributed by atoms with Crippen molar-refractivity contribution in [3.05, 3.63) is 67.2 Å². The molecule has 0 saturated heterocycles. The summed E-state index contributed by atoms with van der Waals surface area (Å²) in [6.45, 7) is 3.64. The Balaban J connectivity index is 1.77. The number of benzene rings is 1. The molecule has 0 aliphatic heterocycles. The highest BCUT2D eigenvalue weighted by Gasteiger charge is 2.09. The summed E-state index contributed by atoms with van der Waals surface area (Å²) in [5, 5.41) is 5.92. The molecule has 0 spiro atoms. The molecule has 3 rings (SSSR count). The Morgan fingerprint density at radius 3 is 2.95 bits per heavy atom. The van der Waals surface area contributed by atoms with E-state index in [-0.39, 0.29) is 5.63 Å². The lowest BCUT2D eigenvalue weighted by Gasteiger charge is -2.07. The van der Waals surface area contributed by atoms with Gasteiger partial charge in [-0.2, -0.15) is 0 Å². The predicted octanol–water partition coefficient (Wildman–Crippen LogP) is 3.12. The molecule has 0 atom stereocenters. The second-order valence-corrected chi connectivity index (χ2v) is 6.74. The van der Waals surface area contributed by atoms with Crippen LogP contribution in [0.25, 0.3) is 11.0 Å². The summed E-state index contributed by atoms with van der Waals surface area (Å²) in [5.41, 5.74) is 2.18. The number of nitrogens with two attached hydrogens (primary N) is 1. The quantitative estimate of drug-likeness (QED) is 0.575. The minimum absolute atomic E-state index is 0.309. The average molecular weight is 335 g/mol. The van der Waals surface area contributed by atoms with Crippen LogP contribution in [0.1, 0.15) is 16.0 Å². The van der Waals surface area contributed by atoms with Crippen molar-refractivity contribution >= 4 is 33.9 Å². The highest BCUT2D eigenvalue weighted by Crippen LogP contribution is 2.24. The van der Waals surface area contributed by atoms with Gasteiger partial charge >= 0.3 is 5.63 Å². The first-order valence-corrected chi connectivity index (χ1v) is 8.46. The van der Waals surface area contributed by atoms with Crippen LogP contribution < -0.4 is 10.9 Å². The minimum atomic E-state index is -0.309. The van der Waals surface area contributed by atoms with Crippen LogP contribution in [0.5, 0.6) is 0 Å². The molecule has 2 heterocycles. The van der Waals surface area contributed by atoms with Gasteiger partial charge in [-0.25, -0.2) is 4.79 Å². The highest BCUT2D eigenvalue weighted by atomic mass is 35.5. The molecule has 0 radical (unpaired) electrons. The van der Waals surface area contributed by atoms with Crippen molar-refractivity contribution in [2.45, 2.75) is 19.9 Å². The zero-order valence-corrected chi connectivity index (χ0v) is 13.8. The van der Waals surface area contributed by atoms with Crippen molar-refractivity contribution in [3.8, 4) is 0 Å². The van der Waals surface area contributed by atoms with Gasteiger partial charge in [0.05, 0.1) is 6.54 Å². The van der Waals surface area contributed by atoms with Crippen LogP contribution in [-0.4, -0.2) is 6.54 Å². The van der Waals surface area contributed by atoms with Crippen LogP contribution in [0.4, 0.5) is 0 Å². The molecule has 0 aliphatic carbocycles. The molecule has 3 aromatic rings. The third-order valence-electron chi connectivity index (χ3n) is 3.65. The number of fused-ring (bicyclic) bond motifs is 1. The standard InChI is InChI=1S/C17H16ClNO2S/c1-11-7-16-14(9-15(11)18)12(8-17(20)21-16)10-19-5-4-13-3-2-6-22-13/h2-3,6-9,19H,4-5,10H2,1H3/p+1. The fourth-order valence-corrected chi connectivity index (χ4v) is 3.36. The molecular weight excluding hydrogens is 318 g/mol. The van der Waals surface area contributed by atoms with Gasteiger partial charge in [0.2, 0.25) is 0 Å². The number of aryl methyl sites for hydroxylation is 1. The minimum Gasteiger partial charge on any atom is -0.423 e. The third-order valence-corrected chi connectivity index (χ3v) is 4.99. The Morgan fingerprint density at radius 2 is 2.18 bits per heavy atom. The molecule has 0 saturated carbocycles. The normalized spacial score (nSPS) is 11.2. The number of quaternary nitrogens is 1. The van der Waals surface area contributed by atoms with E-state index in [2.05, 4.69) is 22.8 Å². The molecule has 0 aliphatic rings. The molecule has 0 amide bonds. The van der Waals surface area contributed by atoms with E-state index in [0.29, 0.717) is 10.6 Å². The smallest absolute Gasteiger partial charge is 0.336 e. The SMILES string of the molecule is Cc1cc2oc(=O)cc(C[NH2+]CCc3cccs3)c2cc1Cl. The molecule has 22 heavy (non-hydrogen) atoms. The Hall–Kier alpha value is -1.62. The van der Waals surface area contributed by atoms with Crippen molar-refractivity contribution in [1.82, 2.24) is 0 Å². The van der Waals surface area contributed by atoms with Gasteiger partial charge in [-0.15, -0.1) is 11.3 Å². The summed E-state index contributed by atoms with van der Waals surface area (Å²) in [7, 11) is 0. The second-order valence-electron chi connectivity index (χ2n) is 5.30. The van der Waals surface area contributed by atoms with Crippen LogP contribution in [0.3, 0.4) is 0 Å². The van der Waals surface area contributed by atoms with Gasteiger partial charge in [-0.05, 0) is 36.1 Å². The van der Waals surface area contributed by atoms with E-state index >= 15 is 0 Å². The van der Waals surface area contributed by atoms with Gasteiger partial charge in [0.15, 0.2) is 0 Å². The van der Waals surface area contributed by atoms with Gasteiger partial charge in [-0.3, -0.25) is 0 Å². The number of hydrogen-bond acceptors (Lipinski definition) is 3. The molecule has 114 valence electrons. The molecule has 0 unspecified atom stereocenters. The third kappa shape index (κ3) is 3.40. The first kappa shape index (κ1) is 15.3. The molecule has 1 aromatic carbocycles.